The zero-order valence-corrected chi connectivity index (χ0v) is 11.9. The number of aryl methyl sites for hydroxylation is 1. The van der Waals surface area contributed by atoms with Crippen molar-refractivity contribution in [3.8, 4) is 6.07 Å². The third-order valence-electron chi connectivity index (χ3n) is 3.66. The zero-order valence-electron chi connectivity index (χ0n) is 11.9. The number of nitrogens with zero attached hydrogens (tertiary/aromatic N) is 3. The van der Waals surface area contributed by atoms with Crippen molar-refractivity contribution in [3.05, 3.63) is 59.9 Å². The number of fused-ring (bicyclic) bond motifs is 1. The lowest BCUT2D eigenvalue weighted by atomic mass is 10.0. The second-order valence-corrected chi connectivity index (χ2v) is 4.94. The number of hydrogen-bond acceptors (Lipinski definition) is 3. The van der Waals surface area contributed by atoms with Crippen LogP contribution in [0.2, 0.25) is 0 Å². The predicted octanol–water partition coefficient (Wildman–Crippen LogP) is 3.10. The lowest BCUT2D eigenvalue weighted by Crippen LogP contribution is -2.08. The molecule has 4 heteroatoms. The summed E-state index contributed by atoms with van der Waals surface area (Å²) in [7, 11) is 1.95. The van der Waals surface area contributed by atoms with E-state index in [0.717, 1.165) is 29.4 Å². The fourth-order valence-corrected chi connectivity index (χ4v) is 2.52. The van der Waals surface area contributed by atoms with E-state index in [2.05, 4.69) is 16.5 Å². The molecule has 0 aliphatic heterocycles. The fraction of sp³-hybridized carbons (Fsp3) is 0.176. The van der Waals surface area contributed by atoms with Crippen molar-refractivity contribution < 1.29 is 0 Å². The van der Waals surface area contributed by atoms with Crippen LogP contribution in [0.25, 0.3) is 10.8 Å². The van der Waals surface area contributed by atoms with Crippen molar-refractivity contribution in [1.82, 2.24) is 9.78 Å². The summed E-state index contributed by atoms with van der Waals surface area (Å²) in [6.07, 6.45) is 2.72. The zero-order chi connectivity index (χ0) is 14.7. The van der Waals surface area contributed by atoms with Crippen LogP contribution in [0.3, 0.4) is 0 Å². The van der Waals surface area contributed by atoms with Crippen LogP contribution in [0.15, 0.2) is 48.7 Å². The highest BCUT2D eigenvalue weighted by Gasteiger charge is 2.05. The second kappa shape index (κ2) is 5.68. The molecule has 0 bridgehead atoms. The Balaban J connectivity index is 1.82. The van der Waals surface area contributed by atoms with Gasteiger partial charge in [-0.2, -0.15) is 10.4 Å². The van der Waals surface area contributed by atoms with Gasteiger partial charge in [-0.15, -0.1) is 0 Å². The Morgan fingerprint density at radius 3 is 2.67 bits per heavy atom. The van der Waals surface area contributed by atoms with Gasteiger partial charge in [0.15, 0.2) is 0 Å². The molecule has 1 heterocycles. The summed E-state index contributed by atoms with van der Waals surface area (Å²) in [4.78, 5) is 0. The van der Waals surface area contributed by atoms with Crippen molar-refractivity contribution in [2.75, 3.05) is 11.9 Å². The number of rotatable bonds is 4. The number of aromatic nitrogens is 2. The van der Waals surface area contributed by atoms with Gasteiger partial charge in [0.25, 0.3) is 0 Å². The Kier molecular flexibility index (Phi) is 3.57. The number of hydrogen-bond donors (Lipinski definition) is 1. The first-order chi connectivity index (χ1) is 10.3. The summed E-state index contributed by atoms with van der Waals surface area (Å²) in [6, 6.07) is 16.1. The Morgan fingerprint density at radius 2 is 1.95 bits per heavy atom. The molecule has 0 saturated heterocycles. The number of anilines is 1. The maximum Gasteiger partial charge on any atom is 0.0998 e. The van der Waals surface area contributed by atoms with Gasteiger partial charge in [0, 0.05) is 48.4 Å². The van der Waals surface area contributed by atoms with Gasteiger partial charge < -0.3 is 5.32 Å². The maximum absolute atomic E-state index is 9.18. The summed E-state index contributed by atoms with van der Waals surface area (Å²) >= 11 is 0. The molecule has 0 radical (unpaired) electrons. The van der Waals surface area contributed by atoms with E-state index in [4.69, 9.17) is 0 Å². The van der Waals surface area contributed by atoms with Crippen molar-refractivity contribution in [3.63, 3.8) is 0 Å². The quantitative estimate of drug-likeness (QED) is 0.796. The van der Waals surface area contributed by atoms with Crippen LogP contribution in [-0.4, -0.2) is 16.3 Å². The van der Waals surface area contributed by atoms with Gasteiger partial charge in [-0.25, -0.2) is 0 Å². The Morgan fingerprint density at radius 1 is 1.14 bits per heavy atom. The van der Waals surface area contributed by atoms with Crippen LogP contribution in [0.5, 0.6) is 0 Å². The molecule has 1 N–H and O–H groups in total. The highest BCUT2D eigenvalue weighted by atomic mass is 15.3. The third-order valence-corrected chi connectivity index (χ3v) is 3.66. The van der Waals surface area contributed by atoms with Gasteiger partial charge in [0.1, 0.15) is 0 Å². The standard InChI is InChI=1S/C17H16N4/c1-21-14(9-11-20-21)8-10-19-17-7-6-13(12-18)15-4-2-3-5-16(15)17/h2-7,9,11,19H,8,10H2,1H3. The van der Waals surface area contributed by atoms with E-state index >= 15 is 0 Å². The summed E-state index contributed by atoms with van der Waals surface area (Å²) in [6.45, 7) is 0.829. The topological polar surface area (TPSA) is 53.6 Å². The average molecular weight is 276 g/mol. The van der Waals surface area contributed by atoms with Crippen LogP contribution in [0.4, 0.5) is 5.69 Å². The van der Waals surface area contributed by atoms with Crippen LogP contribution in [-0.2, 0) is 13.5 Å². The molecule has 2 aromatic carbocycles. The minimum absolute atomic E-state index is 0.711. The van der Waals surface area contributed by atoms with E-state index in [1.807, 2.05) is 60.4 Å². The monoisotopic (exact) mass is 276 g/mol. The van der Waals surface area contributed by atoms with Gasteiger partial charge >= 0.3 is 0 Å². The van der Waals surface area contributed by atoms with E-state index in [0.29, 0.717) is 5.56 Å². The number of benzene rings is 2. The van der Waals surface area contributed by atoms with Crippen LogP contribution >= 0.6 is 0 Å². The highest BCUT2D eigenvalue weighted by molar-refractivity contribution is 5.97. The summed E-state index contributed by atoms with van der Waals surface area (Å²) in [5.41, 5.74) is 2.97. The largest absolute Gasteiger partial charge is 0.384 e. The summed E-state index contributed by atoms with van der Waals surface area (Å²) < 4.78 is 1.89. The first kappa shape index (κ1) is 13.2. The van der Waals surface area contributed by atoms with Gasteiger partial charge in [-0.05, 0) is 18.2 Å². The Labute approximate surface area is 123 Å². The first-order valence-electron chi connectivity index (χ1n) is 6.92. The molecule has 0 unspecified atom stereocenters. The molecular weight excluding hydrogens is 260 g/mol. The van der Waals surface area contributed by atoms with Gasteiger partial charge in [0.05, 0.1) is 11.6 Å². The van der Waals surface area contributed by atoms with Gasteiger partial charge in [-0.1, -0.05) is 24.3 Å². The molecule has 3 aromatic rings. The molecule has 1 aromatic heterocycles. The molecule has 0 aliphatic carbocycles. The third kappa shape index (κ3) is 2.59. The molecule has 21 heavy (non-hydrogen) atoms. The van der Waals surface area contributed by atoms with E-state index in [1.165, 1.54) is 5.69 Å². The normalized spacial score (nSPS) is 10.5. The Hall–Kier alpha value is -2.80. The maximum atomic E-state index is 9.18. The SMILES string of the molecule is Cn1nccc1CCNc1ccc(C#N)c2ccccc12. The lowest BCUT2D eigenvalue weighted by Gasteiger charge is -2.11. The summed E-state index contributed by atoms with van der Waals surface area (Å²) in [5, 5.41) is 18.9. The molecule has 0 fully saturated rings. The van der Waals surface area contributed by atoms with E-state index in [9.17, 15) is 5.26 Å². The lowest BCUT2D eigenvalue weighted by molar-refractivity contribution is 0.711. The first-order valence-corrected chi connectivity index (χ1v) is 6.92. The minimum Gasteiger partial charge on any atom is -0.384 e. The van der Waals surface area contributed by atoms with E-state index in [-0.39, 0.29) is 0 Å². The van der Waals surface area contributed by atoms with Crippen LogP contribution in [0.1, 0.15) is 11.3 Å². The molecule has 3 rings (SSSR count). The van der Waals surface area contributed by atoms with Gasteiger partial charge in [-0.3, -0.25) is 4.68 Å². The second-order valence-electron chi connectivity index (χ2n) is 4.94. The van der Waals surface area contributed by atoms with E-state index < -0.39 is 0 Å². The smallest absolute Gasteiger partial charge is 0.0998 e. The molecule has 104 valence electrons. The molecule has 0 saturated carbocycles. The molecular formula is C17H16N4. The molecule has 4 nitrogen and oxygen atoms in total. The van der Waals surface area contributed by atoms with Gasteiger partial charge in [0.2, 0.25) is 0 Å². The average Bonchev–Trinajstić information content (AvgIpc) is 2.93. The molecule has 0 spiro atoms. The van der Waals surface area contributed by atoms with Crippen LogP contribution in [0, 0.1) is 11.3 Å². The van der Waals surface area contributed by atoms with E-state index in [1.54, 1.807) is 0 Å². The predicted molar refractivity (Wildman–Crippen MR) is 84.1 cm³/mol. The molecule has 0 amide bonds. The minimum atomic E-state index is 0.711. The molecule has 0 atom stereocenters. The summed E-state index contributed by atoms with van der Waals surface area (Å²) in [5.74, 6) is 0. The number of nitriles is 1. The van der Waals surface area contributed by atoms with Crippen LogP contribution < -0.4 is 5.32 Å². The Bertz CT molecular complexity index is 811. The van der Waals surface area contributed by atoms with Crippen molar-refractivity contribution in [1.29, 1.82) is 5.26 Å². The van der Waals surface area contributed by atoms with Crippen molar-refractivity contribution in [2.45, 2.75) is 6.42 Å². The van der Waals surface area contributed by atoms with Crippen molar-refractivity contribution in [2.24, 2.45) is 7.05 Å². The highest BCUT2D eigenvalue weighted by Crippen LogP contribution is 2.26. The fourth-order valence-electron chi connectivity index (χ4n) is 2.52. The molecule has 0 aliphatic rings. The van der Waals surface area contributed by atoms with Crippen molar-refractivity contribution >= 4 is 16.5 Å². The number of nitrogens with one attached hydrogen (secondary N) is 1.